The molecule has 2 aliphatic rings. The molecule has 27 heavy (non-hydrogen) atoms. The van der Waals surface area contributed by atoms with Crippen molar-refractivity contribution in [1.82, 2.24) is 0 Å². The zero-order valence-electron chi connectivity index (χ0n) is 16.2. The summed E-state index contributed by atoms with van der Waals surface area (Å²) in [5.74, 6) is -0.858. The van der Waals surface area contributed by atoms with Crippen LogP contribution in [0.3, 0.4) is 0 Å². The monoisotopic (exact) mass is 386 g/mol. The molecule has 0 spiro atoms. The number of hydrogen-bond acceptors (Lipinski definition) is 8. The fraction of sp³-hybridized carbons (Fsp3) is 0.579. The van der Waals surface area contributed by atoms with E-state index in [2.05, 4.69) is 21.1 Å². The molecular formula is C19H30O8. The summed E-state index contributed by atoms with van der Waals surface area (Å²) in [6, 6.07) is 6.05. The first kappa shape index (κ1) is 25.0. The van der Waals surface area contributed by atoms with Gasteiger partial charge in [-0.05, 0) is 44.0 Å². The van der Waals surface area contributed by atoms with Gasteiger partial charge >= 0.3 is 11.9 Å². The number of rotatable bonds is 5. The van der Waals surface area contributed by atoms with E-state index in [0.29, 0.717) is 17.2 Å². The molecule has 0 amide bonds. The minimum absolute atomic E-state index is 0.195. The van der Waals surface area contributed by atoms with Gasteiger partial charge in [0.25, 0.3) is 0 Å². The van der Waals surface area contributed by atoms with Gasteiger partial charge in [-0.3, -0.25) is 0 Å². The topological polar surface area (TPSA) is 118 Å². The molecule has 1 aromatic rings. The Labute approximate surface area is 160 Å². The van der Waals surface area contributed by atoms with Gasteiger partial charge in [-0.1, -0.05) is 0 Å². The van der Waals surface area contributed by atoms with Crippen molar-refractivity contribution in [2.24, 2.45) is 0 Å². The molecular weight excluding hydrogens is 356 g/mol. The Morgan fingerprint density at radius 3 is 1.41 bits per heavy atom. The summed E-state index contributed by atoms with van der Waals surface area (Å²) in [6.45, 7) is 5.43. The van der Waals surface area contributed by atoms with Crippen molar-refractivity contribution in [3.8, 4) is 0 Å². The summed E-state index contributed by atoms with van der Waals surface area (Å²) in [7, 11) is 2.60. The van der Waals surface area contributed by atoms with E-state index in [1.807, 2.05) is 0 Å². The largest absolute Gasteiger partial charge is 0.465 e. The number of epoxide rings is 2. The minimum atomic E-state index is -0.429. The number of carbonyl (C=O) groups is 2. The van der Waals surface area contributed by atoms with Crippen molar-refractivity contribution in [2.75, 3.05) is 47.3 Å². The first-order valence-electron chi connectivity index (χ1n) is 8.67. The maximum atomic E-state index is 11.0. The van der Waals surface area contributed by atoms with Gasteiger partial charge in [0, 0.05) is 13.2 Å². The molecule has 1 unspecified atom stereocenters. The van der Waals surface area contributed by atoms with E-state index in [4.69, 9.17) is 14.9 Å². The van der Waals surface area contributed by atoms with Crippen LogP contribution in [0.15, 0.2) is 24.3 Å². The highest BCUT2D eigenvalue weighted by molar-refractivity contribution is 5.93. The lowest BCUT2D eigenvalue weighted by Crippen LogP contribution is -2.04. The average Bonchev–Trinajstić information content (AvgIpc) is 3.61. The van der Waals surface area contributed by atoms with Crippen LogP contribution >= 0.6 is 0 Å². The fourth-order valence-electron chi connectivity index (χ4n) is 1.30. The van der Waals surface area contributed by atoms with Crippen molar-refractivity contribution < 1.29 is 38.7 Å². The lowest BCUT2D eigenvalue weighted by atomic mass is 10.1. The number of hydrogen-bond donors (Lipinski definition) is 2. The molecule has 2 aliphatic heterocycles. The van der Waals surface area contributed by atoms with Crippen LogP contribution < -0.4 is 0 Å². The zero-order chi connectivity index (χ0) is 20.5. The maximum Gasteiger partial charge on any atom is 0.337 e. The van der Waals surface area contributed by atoms with Crippen LogP contribution in [0.4, 0.5) is 0 Å². The highest BCUT2D eigenvalue weighted by Crippen LogP contribution is 2.06. The lowest BCUT2D eigenvalue weighted by molar-refractivity contribution is 0.0586. The van der Waals surface area contributed by atoms with Gasteiger partial charge in [0.15, 0.2) is 0 Å². The number of benzene rings is 1. The van der Waals surface area contributed by atoms with E-state index in [0.717, 1.165) is 32.7 Å². The predicted molar refractivity (Wildman–Crippen MR) is 98.8 cm³/mol. The van der Waals surface area contributed by atoms with Crippen LogP contribution in [-0.4, -0.2) is 75.5 Å². The summed E-state index contributed by atoms with van der Waals surface area (Å²) < 4.78 is 18.2. The molecule has 2 heterocycles. The van der Waals surface area contributed by atoms with E-state index < -0.39 is 11.9 Å². The summed E-state index contributed by atoms with van der Waals surface area (Å²) in [4.78, 5) is 22.1. The van der Waals surface area contributed by atoms with E-state index in [1.165, 1.54) is 38.5 Å². The van der Waals surface area contributed by atoms with Gasteiger partial charge in [0.2, 0.25) is 0 Å². The van der Waals surface area contributed by atoms with Crippen molar-refractivity contribution in [3.63, 3.8) is 0 Å². The van der Waals surface area contributed by atoms with Crippen LogP contribution in [0.2, 0.25) is 0 Å². The zero-order valence-corrected chi connectivity index (χ0v) is 16.2. The van der Waals surface area contributed by atoms with E-state index in [-0.39, 0.29) is 13.2 Å². The molecule has 0 aliphatic carbocycles. The Bertz CT molecular complexity index is 467. The molecule has 0 saturated carbocycles. The van der Waals surface area contributed by atoms with Crippen LogP contribution in [0, 0.1) is 0 Å². The average molecular weight is 386 g/mol. The third kappa shape index (κ3) is 15.9. The summed E-state index contributed by atoms with van der Waals surface area (Å²) >= 11 is 0. The highest BCUT2D eigenvalue weighted by atomic mass is 16.6. The van der Waals surface area contributed by atoms with Gasteiger partial charge in [0.05, 0.1) is 51.3 Å². The lowest BCUT2D eigenvalue weighted by Gasteiger charge is -2.00. The van der Waals surface area contributed by atoms with Gasteiger partial charge in [0.1, 0.15) is 0 Å². The Hall–Kier alpha value is -2.00. The van der Waals surface area contributed by atoms with Crippen LogP contribution in [0.5, 0.6) is 0 Å². The normalized spacial score (nSPS) is 15.4. The molecule has 0 bridgehead atoms. The number of esters is 2. The van der Waals surface area contributed by atoms with Gasteiger partial charge in [-0.25, -0.2) is 9.59 Å². The second-order valence-corrected chi connectivity index (χ2v) is 5.47. The predicted octanol–water partition coefficient (Wildman–Crippen LogP) is 1.43. The van der Waals surface area contributed by atoms with E-state index >= 15 is 0 Å². The van der Waals surface area contributed by atoms with Gasteiger partial charge < -0.3 is 29.2 Å². The van der Waals surface area contributed by atoms with E-state index in [1.54, 1.807) is 0 Å². The minimum Gasteiger partial charge on any atom is -0.465 e. The molecule has 1 atom stereocenters. The molecule has 8 heteroatoms. The smallest absolute Gasteiger partial charge is 0.337 e. The first-order chi connectivity index (χ1) is 13.0. The molecule has 2 fully saturated rings. The molecule has 2 saturated heterocycles. The number of aliphatic hydroxyl groups is 2. The standard InChI is InChI=1S/C10H10O4.C4H10O2.C3H6O.C2H4O/c1-13-9(11)7-3-5-8(6-4-7)10(12)14-2;5-3-1-2-4-6;1-3-2-4-3;1-2-3-1/h3-6H,1-2H3;5-6H,1-4H2;3H,2H2,1H3;1-2H2. The molecule has 0 radical (unpaired) electrons. The summed E-state index contributed by atoms with van der Waals surface area (Å²) in [5, 5.41) is 16.2. The third-order valence-corrected chi connectivity index (χ3v) is 3.00. The second-order valence-electron chi connectivity index (χ2n) is 5.47. The number of methoxy groups -OCH3 is 2. The fourth-order valence-corrected chi connectivity index (χ4v) is 1.30. The highest BCUT2D eigenvalue weighted by Gasteiger charge is 2.13. The second kappa shape index (κ2) is 16.2. The number of ether oxygens (including phenoxy) is 4. The molecule has 0 aromatic heterocycles. The summed E-state index contributed by atoms with van der Waals surface area (Å²) in [6.07, 6.45) is 2.02. The number of aliphatic hydroxyl groups excluding tert-OH is 2. The Morgan fingerprint density at radius 2 is 1.26 bits per heavy atom. The van der Waals surface area contributed by atoms with Crippen molar-refractivity contribution >= 4 is 11.9 Å². The molecule has 154 valence electrons. The van der Waals surface area contributed by atoms with Crippen molar-refractivity contribution in [2.45, 2.75) is 25.9 Å². The van der Waals surface area contributed by atoms with Gasteiger partial charge in [-0.2, -0.15) is 0 Å². The van der Waals surface area contributed by atoms with Crippen LogP contribution in [0.1, 0.15) is 40.5 Å². The number of carbonyl (C=O) groups excluding carboxylic acids is 2. The maximum absolute atomic E-state index is 11.0. The first-order valence-corrected chi connectivity index (χ1v) is 8.67. The van der Waals surface area contributed by atoms with Crippen molar-refractivity contribution in [3.05, 3.63) is 35.4 Å². The van der Waals surface area contributed by atoms with Crippen molar-refractivity contribution in [1.29, 1.82) is 0 Å². The molecule has 1 aromatic carbocycles. The quantitative estimate of drug-likeness (QED) is 0.443. The number of unbranched alkanes of at least 4 members (excludes halogenated alkanes) is 1. The SMILES string of the molecule is C1CO1.CC1CO1.COC(=O)c1ccc(C(=O)OC)cc1.OCCCCO. The molecule has 8 nitrogen and oxygen atoms in total. The summed E-state index contributed by atoms with van der Waals surface area (Å²) in [5.41, 5.74) is 0.806. The Morgan fingerprint density at radius 1 is 0.963 bits per heavy atom. The Balaban J connectivity index is 0.000000420. The molecule has 2 N–H and O–H groups in total. The Kier molecular flexibility index (Phi) is 15.0. The third-order valence-electron chi connectivity index (χ3n) is 3.00. The van der Waals surface area contributed by atoms with E-state index in [9.17, 15) is 9.59 Å². The van der Waals surface area contributed by atoms with Gasteiger partial charge in [-0.15, -0.1) is 0 Å². The molecule has 3 rings (SSSR count). The van der Waals surface area contributed by atoms with Crippen LogP contribution in [0.25, 0.3) is 0 Å². The van der Waals surface area contributed by atoms with Crippen LogP contribution in [-0.2, 0) is 18.9 Å².